The van der Waals surface area contributed by atoms with Crippen LogP contribution in [0.4, 0.5) is 0 Å². The van der Waals surface area contributed by atoms with Crippen molar-refractivity contribution in [3.63, 3.8) is 0 Å². The third kappa shape index (κ3) is 2.99. The highest BCUT2D eigenvalue weighted by molar-refractivity contribution is 5.76. The van der Waals surface area contributed by atoms with E-state index in [-0.39, 0.29) is 5.91 Å². The number of nitrogens with zero attached hydrogens (tertiary/aromatic N) is 5. The van der Waals surface area contributed by atoms with Gasteiger partial charge in [-0.25, -0.2) is 4.98 Å². The molecule has 6 heteroatoms. The second-order valence-electron chi connectivity index (χ2n) is 5.44. The smallest absolute Gasteiger partial charge is 0.244 e. The lowest BCUT2D eigenvalue weighted by Gasteiger charge is -2.34. The van der Waals surface area contributed by atoms with Crippen molar-refractivity contribution in [2.75, 3.05) is 13.1 Å². The summed E-state index contributed by atoms with van der Waals surface area (Å²) in [6, 6.07) is 2.18. The Morgan fingerprint density at radius 1 is 1.38 bits per heavy atom. The predicted molar refractivity (Wildman–Crippen MR) is 78.7 cm³/mol. The predicted octanol–water partition coefficient (Wildman–Crippen LogP) is 1.51. The molecule has 112 valence electrons. The Bertz CT molecular complexity index is 589. The van der Waals surface area contributed by atoms with E-state index >= 15 is 0 Å². The lowest BCUT2D eigenvalue weighted by molar-refractivity contribution is -0.133. The molecule has 0 aromatic carbocycles. The summed E-state index contributed by atoms with van der Waals surface area (Å²) in [5.41, 5.74) is 0. The largest absolute Gasteiger partial charge is 0.339 e. The van der Waals surface area contributed by atoms with Crippen LogP contribution in [-0.2, 0) is 17.8 Å². The highest BCUT2D eigenvalue weighted by Crippen LogP contribution is 2.23. The highest BCUT2D eigenvalue weighted by Gasteiger charge is 2.25. The number of piperidine rings is 1. The van der Waals surface area contributed by atoms with Gasteiger partial charge in [-0.15, -0.1) is 0 Å². The molecule has 3 heterocycles. The van der Waals surface area contributed by atoms with Crippen LogP contribution < -0.4 is 0 Å². The number of hydrogen-bond acceptors (Lipinski definition) is 3. The molecule has 6 nitrogen and oxygen atoms in total. The molecule has 1 amide bonds. The molecule has 1 saturated heterocycles. The van der Waals surface area contributed by atoms with Gasteiger partial charge < -0.3 is 9.47 Å². The maximum absolute atomic E-state index is 12.4. The van der Waals surface area contributed by atoms with Crippen LogP contribution in [0.2, 0.25) is 0 Å². The second-order valence-corrected chi connectivity index (χ2v) is 5.44. The molecule has 0 N–H and O–H groups in total. The Balaban J connectivity index is 1.67. The Hall–Kier alpha value is -2.11. The maximum atomic E-state index is 12.4. The van der Waals surface area contributed by atoms with Gasteiger partial charge >= 0.3 is 0 Å². The van der Waals surface area contributed by atoms with Crippen molar-refractivity contribution in [3.05, 3.63) is 36.7 Å². The van der Waals surface area contributed by atoms with Crippen LogP contribution in [0.3, 0.4) is 0 Å². The first-order valence-electron chi connectivity index (χ1n) is 7.55. The van der Waals surface area contributed by atoms with Crippen LogP contribution >= 0.6 is 0 Å². The van der Waals surface area contributed by atoms with Crippen LogP contribution in [0.25, 0.3) is 0 Å². The van der Waals surface area contributed by atoms with E-state index in [2.05, 4.69) is 21.6 Å². The average Bonchev–Trinajstić information content (AvgIpc) is 3.18. The zero-order valence-electron chi connectivity index (χ0n) is 12.4. The molecule has 3 rings (SSSR count). The maximum Gasteiger partial charge on any atom is 0.244 e. The van der Waals surface area contributed by atoms with E-state index in [9.17, 15) is 4.79 Å². The van der Waals surface area contributed by atoms with Gasteiger partial charge in [-0.3, -0.25) is 9.48 Å². The molecule has 0 radical (unpaired) electrons. The van der Waals surface area contributed by atoms with Crippen molar-refractivity contribution in [1.29, 1.82) is 0 Å². The van der Waals surface area contributed by atoms with Crippen molar-refractivity contribution in [2.24, 2.45) is 0 Å². The molecule has 0 saturated carbocycles. The Morgan fingerprint density at radius 3 is 3.05 bits per heavy atom. The van der Waals surface area contributed by atoms with Gasteiger partial charge in [0.1, 0.15) is 12.4 Å². The monoisotopic (exact) mass is 287 g/mol. The van der Waals surface area contributed by atoms with Crippen LogP contribution in [0.1, 0.15) is 31.6 Å². The first-order chi connectivity index (χ1) is 10.3. The molecule has 21 heavy (non-hydrogen) atoms. The van der Waals surface area contributed by atoms with Gasteiger partial charge in [-0.1, -0.05) is 6.92 Å². The van der Waals surface area contributed by atoms with Crippen molar-refractivity contribution in [1.82, 2.24) is 24.2 Å². The molecular formula is C15H21N5O. The molecule has 2 aromatic heterocycles. The third-order valence-electron chi connectivity index (χ3n) is 4.06. The van der Waals surface area contributed by atoms with E-state index in [1.807, 2.05) is 29.6 Å². The third-order valence-corrected chi connectivity index (χ3v) is 4.06. The molecule has 1 atom stereocenters. The average molecular weight is 287 g/mol. The molecule has 0 aliphatic carbocycles. The fraction of sp³-hybridized carbons (Fsp3) is 0.533. The van der Waals surface area contributed by atoms with Crippen molar-refractivity contribution >= 4 is 5.91 Å². The normalized spacial score (nSPS) is 18.9. The van der Waals surface area contributed by atoms with Gasteiger partial charge in [0.2, 0.25) is 5.91 Å². The summed E-state index contributed by atoms with van der Waals surface area (Å²) < 4.78 is 3.91. The number of amides is 1. The number of aryl methyl sites for hydroxylation is 1. The number of hydrogen-bond donors (Lipinski definition) is 0. The minimum absolute atomic E-state index is 0.140. The van der Waals surface area contributed by atoms with Crippen LogP contribution in [0.5, 0.6) is 0 Å². The SMILES string of the molecule is CCc1nccn1[C@H]1CCCN(C(=O)Cn2cccn2)C1. The number of likely N-dealkylation sites (tertiary alicyclic amines) is 1. The van der Waals surface area contributed by atoms with E-state index in [4.69, 9.17) is 0 Å². The summed E-state index contributed by atoms with van der Waals surface area (Å²) in [5.74, 6) is 1.24. The first kappa shape index (κ1) is 13.9. The van der Waals surface area contributed by atoms with E-state index in [1.54, 1.807) is 10.9 Å². The summed E-state index contributed by atoms with van der Waals surface area (Å²) >= 11 is 0. The molecule has 0 bridgehead atoms. The fourth-order valence-corrected chi connectivity index (χ4v) is 2.99. The number of carbonyl (C=O) groups excluding carboxylic acids is 1. The summed E-state index contributed by atoms with van der Waals surface area (Å²) in [4.78, 5) is 18.7. The quantitative estimate of drug-likeness (QED) is 0.856. The Morgan fingerprint density at radius 2 is 2.29 bits per heavy atom. The van der Waals surface area contributed by atoms with E-state index in [0.29, 0.717) is 12.6 Å². The molecule has 1 aliphatic rings. The number of carbonyl (C=O) groups is 1. The molecule has 0 unspecified atom stereocenters. The lowest BCUT2D eigenvalue weighted by atomic mass is 10.1. The lowest BCUT2D eigenvalue weighted by Crippen LogP contribution is -2.42. The summed E-state index contributed by atoms with van der Waals surface area (Å²) in [6.45, 7) is 4.04. The molecular weight excluding hydrogens is 266 g/mol. The fourth-order valence-electron chi connectivity index (χ4n) is 2.99. The topological polar surface area (TPSA) is 56.0 Å². The van der Waals surface area contributed by atoms with E-state index in [1.165, 1.54) is 0 Å². The van der Waals surface area contributed by atoms with E-state index < -0.39 is 0 Å². The van der Waals surface area contributed by atoms with Crippen LogP contribution in [-0.4, -0.2) is 43.2 Å². The zero-order chi connectivity index (χ0) is 14.7. The van der Waals surface area contributed by atoms with Crippen molar-refractivity contribution < 1.29 is 4.79 Å². The summed E-state index contributed by atoms with van der Waals surface area (Å²) in [7, 11) is 0. The van der Waals surface area contributed by atoms with Crippen molar-refractivity contribution in [3.8, 4) is 0 Å². The van der Waals surface area contributed by atoms with Gasteiger partial charge in [-0.2, -0.15) is 5.10 Å². The Kier molecular flexibility index (Phi) is 4.03. The molecule has 1 fully saturated rings. The number of rotatable bonds is 4. The number of imidazole rings is 1. The van der Waals surface area contributed by atoms with Gasteiger partial charge in [0.05, 0.1) is 6.04 Å². The second kappa shape index (κ2) is 6.11. The standard InChI is InChI=1S/C15H21N5O/c1-2-14-16-7-10-20(14)13-5-3-8-18(11-13)15(21)12-19-9-4-6-17-19/h4,6-7,9-10,13H,2-3,5,8,11-12H2,1H3/t13-/m0/s1. The molecule has 2 aromatic rings. The van der Waals surface area contributed by atoms with Gasteiger partial charge in [-0.05, 0) is 18.9 Å². The number of aromatic nitrogens is 4. The zero-order valence-corrected chi connectivity index (χ0v) is 12.4. The van der Waals surface area contributed by atoms with Crippen molar-refractivity contribution in [2.45, 2.75) is 38.8 Å². The minimum atomic E-state index is 0.140. The van der Waals surface area contributed by atoms with Gasteiger partial charge in [0.15, 0.2) is 0 Å². The molecule has 0 spiro atoms. The Labute approximate surface area is 124 Å². The highest BCUT2D eigenvalue weighted by atomic mass is 16.2. The van der Waals surface area contributed by atoms with Crippen LogP contribution in [0, 0.1) is 0 Å². The summed E-state index contributed by atoms with van der Waals surface area (Å²) in [6.07, 6.45) is 10.5. The van der Waals surface area contributed by atoms with Crippen LogP contribution in [0.15, 0.2) is 30.9 Å². The van der Waals surface area contributed by atoms with Gasteiger partial charge in [0, 0.05) is 44.3 Å². The van der Waals surface area contributed by atoms with Gasteiger partial charge in [0.25, 0.3) is 0 Å². The van der Waals surface area contributed by atoms with E-state index in [0.717, 1.165) is 38.2 Å². The summed E-state index contributed by atoms with van der Waals surface area (Å²) in [5, 5.41) is 4.10. The minimum Gasteiger partial charge on any atom is -0.339 e. The molecule has 1 aliphatic heterocycles. The first-order valence-corrected chi connectivity index (χ1v) is 7.55.